The second-order valence-electron chi connectivity index (χ2n) is 7.53. The number of ether oxygens (including phenoxy) is 1. The summed E-state index contributed by atoms with van der Waals surface area (Å²) in [6.07, 6.45) is 5.03. The molecule has 1 saturated heterocycles. The fourth-order valence-electron chi connectivity index (χ4n) is 3.66. The topological polar surface area (TPSA) is 27.1 Å². The van der Waals surface area contributed by atoms with Gasteiger partial charge in [0.15, 0.2) is 0 Å². The molecule has 3 nitrogen and oxygen atoms in total. The van der Waals surface area contributed by atoms with Gasteiger partial charge in [-0.25, -0.2) is 13.8 Å². The Morgan fingerprint density at radius 1 is 1.13 bits per heavy atom. The van der Waals surface area contributed by atoms with E-state index in [1.165, 1.54) is 6.07 Å². The molecule has 1 aromatic carbocycles. The lowest BCUT2D eigenvalue weighted by atomic mass is 9.79. The number of halogens is 2. The number of hydrogen-bond donors (Lipinski definition) is 0. The second-order valence-corrected chi connectivity index (χ2v) is 7.53. The van der Waals surface area contributed by atoms with Crippen molar-refractivity contribution in [1.29, 1.82) is 0 Å². The van der Waals surface area contributed by atoms with Crippen molar-refractivity contribution in [3.05, 3.63) is 48.1 Å². The number of imidazole rings is 1. The van der Waals surface area contributed by atoms with Crippen LogP contribution in [0.3, 0.4) is 0 Å². The lowest BCUT2D eigenvalue weighted by Gasteiger charge is -2.45. The molecule has 0 saturated carbocycles. The predicted molar refractivity (Wildman–Crippen MR) is 84.7 cm³/mol. The van der Waals surface area contributed by atoms with E-state index in [0.29, 0.717) is 0 Å². The first-order chi connectivity index (χ1) is 10.7. The van der Waals surface area contributed by atoms with Gasteiger partial charge in [-0.3, -0.25) is 0 Å². The van der Waals surface area contributed by atoms with Gasteiger partial charge in [0.2, 0.25) is 0 Å². The van der Waals surface area contributed by atoms with E-state index < -0.39 is 11.6 Å². The largest absolute Gasteiger partial charge is 0.370 e. The van der Waals surface area contributed by atoms with Gasteiger partial charge in [-0.15, -0.1) is 0 Å². The Bertz CT molecular complexity index is 706. The fourth-order valence-corrected chi connectivity index (χ4v) is 3.66. The van der Waals surface area contributed by atoms with Crippen molar-refractivity contribution >= 4 is 0 Å². The van der Waals surface area contributed by atoms with E-state index in [0.717, 1.165) is 30.7 Å². The zero-order valence-corrected chi connectivity index (χ0v) is 13.9. The Morgan fingerprint density at radius 3 is 2.43 bits per heavy atom. The zero-order chi connectivity index (χ0) is 16.8. The molecule has 0 atom stereocenters. The molecule has 0 aliphatic carbocycles. The first-order valence-corrected chi connectivity index (χ1v) is 7.85. The van der Waals surface area contributed by atoms with E-state index in [1.54, 1.807) is 17.1 Å². The minimum Gasteiger partial charge on any atom is -0.370 e. The van der Waals surface area contributed by atoms with Crippen LogP contribution in [0.1, 0.15) is 52.1 Å². The Morgan fingerprint density at radius 2 is 1.78 bits per heavy atom. The molecule has 1 aliphatic rings. The molecule has 0 unspecified atom stereocenters. The lowest BCUT2D eigenvalue weighted by molar-refractivity contribution is -0.162. The molecule has 0 radical (unpaired) electrons. The highest BCUT2D eigenvalue weighted by atomic mass is 19.1. The highest BCUT2D eigenvalue weighted by molar-refractivity contribution is 5.34. The van der Waals surface area contributed by atoms with E-state index in [-0.39, 0.29) is 22.8 Å². The van der Waals surface area contributed by atoms with Crippen LogP contribution >= 0.6 is 0 Å². The fraction of sp³-hybridized carbons (Fsp3) is 0.500. The van der Waals surface area contributed by atoms with Gasteiger partial charge in [0.05, 0.1) is 28.9 Å². The zero-order valence-electron chi connectivity index (χ0n) is 13.9. The van der Waals surface area contributed by atoms with Crippen molar-refractivity contribution in [3.8, 4) is 5.69 Å². The van der Waals surface area contributed by atoms with Crippen molar-refractivity contribution in [1.82, 2.24) is 9.55 Å². The third kappa shape index (κ3) is 3.44. The molecule has 1 fully saturated rings. The van der Waals surface area contributed by atoms with Gasteiger partial charge in [-0.2, -0.15) is 0 Å². The second kappa shape index (κ2) is 5.41. The average Bonchev–Trinajstić information content (AvgIpc) is 2.87. The number of nitrogens with zero attached hydrogens (tertiary/aromatic N) is 2. The smallest absolute Gasteiger partial charge is 0.147 e. The molecular weight excluding hydrogens is 298 g/mol. The van der Waals surface area contributed by atoms with Gasteiger partial charge in [-0.05, 0) is 52.7 Å². The van der Waals surface area contributed by atoms with Gasteiger partial charge in [0, 0.05) is 18.2 Å². The van der Waals surface area contributed by atoms with Crippen molar-refractivity contribution in [2.45, 2.75) is 57.7 Å². The van der Waals surface area contributed by atoms with Gasteiger partial charge in [-0.1, -0.05) is 0 Å². The Labute approximate surface area is 135 Å². The first-order valence-electron chi connectivity index (χ1n) is 7.85. The van der Waals surface area contributed by atoms with Crippen LogP contribution < -0.4 is 0 Å². The quantitative estimate of drug-likeness (QED) is 0.808. The van der Waals surface area contributed by atoms with E-state index >= 15 is 0 Å². The molecule has 0 bridgehead atoms. The maximum atomic E-state index is 13.9. The van der Waals surface area contributed by atoms with Crippen LogP contribution in [0.5, 0.6) is 0 Å². The number of rotatable bonds is 2. The third-order valence-corrected chi connectivity index (χ3v) is 4.24. The summed E-state index contributed by atoms with van der Waals surface area (Å²) >= 11 is 0. The van der Waals surface area contributed by atoms with E-state index in [4.69, 9.17) is 4.74 Å². The summed E-state index contributed by atoms with van der Waals surface area (Å²) in [6.45, 7) is 8.29. The van der Waals surface area contributed by atoms with Crippen molar-refractivity contribution < 1.29 is 13.5 Å². The van der Waals surface area contributed by atoms with Gasteiger partial charge in [0.25, 0.3) is 0 Å². The van der Waals surface area contributed by atoms with E-state index in [2.05, 4.69) is 32.7 Å². The summed E-state index contributed by atoms with van der Waals surface area (Å²) in [5.74, 6) is -0.709. The molecule has 1 aromatic heterocycles. The standard InChI is InChI=1S/C18H22F2N2O/c1-17(2)8-12(9-18(3,4)23-17)15-10-22(11-21-15)16-7-13(19)5-6-14(16)20/h5-7,10-12H,8-9H2,1-4H3. The summed E-state index contributed by atoms with van der Waals surface area (Å²) in [4.78, 5) is 4.44. The molecule has 2 aromatic rings. The molecule has 124 valence electrons. The summed E-state index contributed by atoms with van der Waals surface area (Å²) < 4.78 is 34.9. The normalized spacial score (nSPS) is 20.6. The molecule has 0 N–H and O–H groups in total. The van der Waals surface area contributed by atoms with Gasteiger partial charge < -0.3 is 9.30 Å². The van der Waals surface area contributed by atoms with Crippen molar-refractivity contribution in [3.63, 3.8) is 0 Å². The van der Waals surface area contributed by atoms with Crippen LogP contribution in [0.2, 0.25) is 0 Å². The van der Waals surface area contributed by atoms with Gasteiger partial charge in [0.1, 0.15) is 11.6 Å². The highest BCUT2D eigenvalue weighted by Crippen LogP contribution is 2.42. The highest BCUT2D eigenvalue weighted by Gasteiger charge is 2.40. The molecule has 0 spiro atoms. The molecular formula is C18H22F2N2O. The third-order valence-electron chi connectivity index (χ3n) is 4.24. The van der Waals surface area contributed by atoms with Crippen molar-refractivity contribution in [2.24, 2.45) is 0 Å². The first kappa shape index (κ1) is 16.1. The molecule has 0 amide bonds. The van der Waals surface area contributed by atoms with Crippen molar-refractivity contribution in [2.75, 3.05) is 0 Å². The lowest BCUT2D eigenvalue weighted by Crippen LogP contribution is -2.44. The molecule has 3 rings (SSSR count). The summed E-state index contributed by atoms with van der Waals surface area (Å²) in [5, 5.41) is 0. The molecule has 23 heavy (non-hydrogen) atoms. The summed E-state index contributed by atoms with van der Waals surface area (Å²) in [7, 11) is 0. The van der Waals surface area contributed by atoms with Crippen LogP contribution in [-0.2, 0) is 4.74 Å². The number of benzene rings is 1. The monoisotopic (exact) mass is 320 g/mol. The maximum Gasteiger partial charge on any atom is 0.147 e. The van der Waals surface area contributed by atoms with Crippen LogP contribution in [0.4, 0.5) is 8.78 Å². The Balaban J connectivity index is 1.91. The number of hydrogen-bond acceptors (Lipinski definition) is 2. The molecule has 1 aliphatic heterocycles. The van der Waals surface area contributed by atoms with Gasteiger partial charge >= 0.3 is 0 Å². The number of aromatic nitrogens is 2. The van der Waals surface area contributed by atoms with E-state index in [9.17, 15) is 8.78 Å². The minimum absolute atomic E-state index is 0.175. The Hall–Kier alpha value is -1.75. The summed E-state index contributed by atoms with van der Waals surface area (Å²) in [6, 6.07) is 3.42. The van der Waals surface area contributed by atoms with Crippen LogP contribution in [0.25, 0.3) is 5.69 Å². The SMILES string of the molecule is CC1(C)CC(c2cn(-c3cc(F)ccc3F)cn2)CC(C)(C)O1. The summed E-state index contributed by atoms with van der Waals surface area (Å²) in [5.41, 5.74) is 0.591. The average molecular weight is 320 g/mol. The van der Waals surface area contributed by atoms with Crippen LogP contribution in [0, 0.1) is 11.6 Å². The maximum absolute atomic E-state index is 13.9. The van der Waals surface area contributed by atoms with E-state index in [1.807, 2.05) is 0 Å². The van der Waals surface area contributed by atoms with Crippen LogP contribution in [-0.4, -0.2) is 20.8 Å². The molecule has 5 heteroatoms. The Kier molecular flexibility index (Phi) is 3.79. The predicted octanol–water partition coefficient (Wildman–Crippen LogP) is 4.60. The van der Waals surface area contributed by atoms with Crippen LogP contribution in [0.15, 0.2) is 30.7 Å². The molecule has 2 heterocycles. The minimum atomic E-state index is -0.469.